The van der Waals surface area contributed by atoms with Crippen molar-refractivity contribution < 1.29 is 19.4 Å². The highest BCUT2D eigenvalue weighted by Crippen LogP contribution is 2.43. The second kappa shape index (κ2) is 8.35. The molecule has 32 heavy (non-hydrogen) atoms. The monoisotopic (exact) mass is 495 g/mol. The number of hydrogen-bond donors (Lipinski definition) is 2. The summed E-state index contributed by atoms with van der Waals surface area (Å²) in [5.74, 6) is 2.31. The minimum absolute atomic E-state index is 0.0321. The molecule has 1 aromatic heterocycles. The molecule has 2 aliphatic rings. The Balaban J connectivity index is 1.61. The van der Waals surface area contributed by atoms with Crippen LogP contribution in [0.3, 0.4) is 0 Å². The molecule has 0 saturated carbocycles. The molecule has 5 rings (SSSR count). The van der Waals surface area contributed by atoms with E-state index in [4.69, 9.17) is 14.5 Å². The number of pyridine rings is 1. The highest BCUT2D eigenvalue weighted by molar-refractivity contribution is 9.10. The van der Waals surface area contributed by atoms with Gasteiger partial charge in [-0.15, -0.1) is 0 Å². The standard InChI is InChI=1S/C24H22BrN3O4/c1-14(29)26-17-7-8-28(12-17)23-10-15(18-3-2-4-22-24(18)32-13-31-22)9-20(27-23)19-11-16(25)5-6-21(19)30/h2-6,9-11,17,30H,7-8,12-13H2,1H3,(H,26,29). The number of fused-ring (bicyclic) bond motifs is 1. The molecule has 2 aliphatic heterocycles. The van der Waals surface area contributed by atoms with Crippen LogP contribution in [-0.4, -0.2) is 41.9 Å². The number of ether oxygens (including phenoxy) is 2. The molecular weight excluding hydrogens is 474 g/mol. The summed E-state index contributed by atoms with van der Waals surface area (Å²) in [5, 5.41) is 13.5. The van der Waals surface area contributed by atoms with Crippen molar-refractivity contribution in [1.29, 1.82) is 0 Å². The molecule has 1 fully saturated rings. The van der Waals surface area contributed by atoms with E-state index in [1.54, 1.807) is 12.1 Å². The van der Waals surface area contributed by atoms with Gasteiger partial charge in [0.05, 0.1) is 5.69 Å². The smallest absolute Gasteiger partial charge is 0.231 e. The summed E-state index contributed by atoms with van der Waals surface area (Å²) < 4.78 is 12.1. The first-order valence-electron chi connectivity index (χ1n) is 10.4. The van der Waals surface area contributed by atoms with Crippen molar-refractivity contribution in [1.82, 2.24) is 10.3 Å². The van der Waals surface area contributed by atoms with Crippen LogP contribution in [0.1, 0.15) is 13.3 Å². The third-order valence-electron chi connectivity index (χ3n) is 5.67. The Labute approximate surface area is 194 Å². The number of aromatic hydroxyl groups is 1. The Bertz CT molecular complexity index is 1200. The molecule has 1 atom stereocenters. The number of rotatable bonds is 4. The summed E-state index contributed by atoms with van der Waals surface area (Å²) in [6.07, 6.45) is 0.848. The number of halogens is 1. The van der Waals surface area contributed by atoms with E-state index in [0.29, 0.717) is 29.3 Å². The number of anilines is 1. The number of nitrogens with zero attached hydrogens (tertiary/aromatic N) is 2. The molecular formula is C24H22BrN3O4. The fourth-order valence-corrected chi connectivity index (χ4v) is 4.58. The van der Waals surface area contributed by atoms with E-state index in [-0.39, 0.29) is 24.5 Å². The fourth-order valence-electron chi connectivity index (χ4n) is 4.22. The zero-order valence-electron chi connectivity index (χ0n) is 17.5. The number of nitrogens with one attached hydrogen (secondary N) is 1. The van der Waals surface area contributed by atoms with E-state index < -0.39 is 0 Å². The third-order valence-corrected chi connectivity index (χ3v) is 6.17. The quantitative estimate of drug-likeness (QED) is 0.560. The molecule has 1 unspecified atom stereocenters. The molecule has 2 N–H and O–H groups in total. The van der Waals surface area contributed by atoms with Crippen LogP contribution < -0.4 is 19.7 Å². The van der Waals surface area contributed by atoms with Gasteiger partial charge in [0.2, 0.25) is 12.7 Å². The number of phenols is 1. The van der Waals surface area contributed by atoms with Gasteiger partial charge in [-0.1, -0.05) is 28.1 Å². The lowest BCUT2D eigenvalue weighted by Crippen LogP contribution is -2.35. The Kier molecular flexibility index (Phi) is 5.38. The van der Waals surface area contributed by atoms with Gasteiger partial charge >= 0.3 is 0 Å². The van der Waals surface area contributed by atoms with Crippen molar-refractivity contribution in [3.05, 3.63) is 53.0 Å². The van der Waals surface area contributed by atoms with Gasteiger partial charge in [0.15, 0.2) is 11.5 Å². The molecule has 3 aromatic rings. The minimum Gasteiger partial charge on any atom is -0.507 e. The second-order valence-corrected chi connectivity index (χ2v) is 8.85. The summed E-state index contributed by atoms with van der Waals surface area (Å²) in [5.41, 5.74) is 3.09. The highest BCUT2D eigenvalue weighted by Gasteiger charge is 2.26. The van der Waals surface area contributed by atoms with Crippen LogP contribution >= 0.6 is 15.9 Å². The van der Waals surface area contributed by atoms with Crippen molar-refractivity contribution in [2.24, 2.45) is 0 Å². The van der Waals surface area contributed by atoms with Crippen LogP contribution in [0.15, 0.2) is 53.0 Å². The van der Waals surface area contributed by atoms with E-state index in [2.05, 4.69) is 26.1 Å². The Morgan fingerprint density at radius 1 is 1.19 bits per heavy atom. The normalized spacial score (nSPS) is 16.9. The summed E-state index contributed by atoms with van der Waals surface area (Å²) in [6.45, 7) is 3.17. The lowest BCUT2D eigenvalue weighted by molar-refractivity contribution is -0.119. The molecule has 7 nitrogen and oxygen atoms in total. The maximum atomic E-state index is 11.5. The number of carbonyl (C=O) groups is 1. The van der Waals surface area contributed by atoms with Gasteiger partial charge in [0.25, 0.3) is 0 Å². The molecule has 164 valence electrons. The predicted molar refractivity (Wildman–Crippen MR) is 125 cm³/mol. The van der Waals surface area contributed by atoms with Crippen LogP contribution in [0.5, 0.6) is 17.2 Å². The fraction of sp³-hybridized carbons (Fsp3) is 0.250. The molecule has 2 aromatic carbocycles. The molecule has 0 aliphatic carbocycles. The molecule has 0 spiro atoms. The molecule has 1 saturated heterocycles. The number of amides is 1. The van der Waals surface area contributed by atoms with Crippen molar-refractivity contribution >= 4 is 27.7 Å². The number of benzene rings is 2. The second-order valence-electron chi connectivity index (χ2n) is 7.93. The van der Waals surface area contributed by atoms with Gasteiger partial charge in [-0.2, -0.15) is 0 Å². The number of phenolic OH excluding ortho intramolecular Hbond substituents is 1. The highest BCUT2D eigenvalue weighted by atomic mass is 79.9. The maximum absolute atomic E-state index is 11.5. The predicted octanol–water partition coefficient (Wildman–Crippen LogP) is 4.33. The number of para-hydroxylation sites is 1. The zero-order valence-corrected chi connectivity index (χ0v) is 19.1. The van der Waals surface area contributed by atoms with Gasteiger partial charge in [-0.25, -0.2) is 4.98 Å². The van der Waals surface area contributed by atoms with E-state index in [0.717, 1.165) is 34.4 Å². The van der Waals surface area contributed by atoms with Crippen molar-refractivity contribution in [2.75, 3.05) is 24.8 Å². The summed E-state index contributed by atoms with van der Waals surface area (Å²) >= 11 is 3.49. The maximum Gasteiger partial charge on any atom is 0.231 e. The number of hydrogen-bond acceptors (Lipinski definition) is 6. The van der Waals surface area contributed by atoms with Gasteiger partial charge in [0.1, 0.15) is 11.6 Å². The van der Waals surface area contributed by atoms with Crippen LogP contribution in [0.4, 0.5) is 5.82 Å². The van der Waals surface area contributed by atoms with Crippen LogP contribution in [-0.2, 0) is 4.79 Å². The zero-order chi connectivity index (χ0) is 22.2. The molecule has 0 bridgehead atoms. The van der Waals surface area contributed by atoms with E-state index in [1.807, 2.05) is 36.4 Å². The lowest BCUT2D eigenvalue weighted by Gasteiger charge is -2.20. The largest absolute Gasteiger partial charge is 0.507 e. The first kappa shape index (κ1) is 20.6. The van der Waals surface area contributed by atoms with Crippen molar-refractivity contribution in [2.45, 2.75) is 19.4 Å². The average Bonchev–Trinajstić information content (AvgIpc) is 3.44. The van der Waals surface area contributed by atoms with Gasteiger partial charge in [0, 0.05) is 41.7 Å². The van der Waals surface area contributed by atoms with Crippen LogP contribution in [0.25, 0.3) is 22.4 Å². The summed E-state index contributed by atoms with van der Waals surface area (Å²) in [7, 11) is 0. The number of aromatic nitrogens is 1. The average molecular weight is 496 g/mol. The van der Waals surface area contributed by atoms with Gasteiger partial charge in [-0.05, 0) is 48.4 Å². The SMILES string of the molecule is CC(=O)NC1CCN(c2cc(-c3cccc4c3OCO4)cc(-c3cc(Br)ccc3O)n2)C1. The number of carbonyl (C=O) groups excluding carboxylic acids is 1. The Hall–Kier alpha value is -3.26. The topological polar surface area (TPSA) is 83.9 Å². The molecule has 0 radical (unpaired) electrons. The van der Waals surface area contributed by atoms with E-state index in [9.17, 15) is 9.90 Å². The van der Waals surface area contributed by atoms with Crippen molar-refractivity contribution in [3.63, 3.8) is 0 Å². The Morgan fingerprint density at radius 3 is 2.91 bits per heavy atom. The first-order chi connectivity index (χ1) is 15.5. The van der Waals surface area contributed by atoms with Crippen LogP contribution in [0.2, 0.25) is 0 Å². The van der Waals surface area contributed by atoms with Gasteiger partial charge < -0.3 is 24.8 Å². The molecule has 1 amide bonds. The van der Waals surface area contributed by atoms with E-state index >= 15 is 0 Å². The Morgan fingerprint density at radius 2 is 2.06 bits per heavy atom. The first-order valence-corrected chi connectivity index (χ1v) is 11.2. The van der Waals surface area contributed by atoms with Crippen molar-refractivity contribution in [3.8, 4) is 39.6 Å². The molecule has 3 heterocycles. The van der Waals surface area contributed by atoms with Gasteiger partial charge in [-0.3, -0.25) is 4.79 Å². The van der Waals surface area contributed by atoms with Crippen LogP contribution in [0, 0.1) is 0 Å². The lowest BCUT2D eigenvalue weighted by atomic mass is 10.0. The van der Waals surface area contributed by atoms with E-state index in [1.165, 1.54) is 6.92 Å². The molecule has 8 heteroatoms. The third kappa shape index (κ3) is 3.98. The minimum atomic E-state index is -0.0321. The summed E-state index contributed by atoms with van der Waals surface area (Å²) in [6, 6.07) is 15.1. The summed E-state index contributed by atoms with van der Waals surface area (Å²) in [4.78, 5) is 18.5.